The summed E-state index contributed by atoms with van der Waals surface area (Å²) in [5.74, 6) is 2.94. The van der Waals surface area contributed by atoms with Crippen LogP contribution in [0.25, 0.3) is 0 Å². The number of hydrogen-bond acceptors (Lipinski definition) is 2. The summed E-state index contributed by atoms with van der Waals surface area (Å²) in [5, 5.41) is 3.04. The molecule has 0 aromatic heterocycles. The second-order valence-electron chi connectivity index (χ2n) is 4.84. The number of hydrogen-bond donors (Lipinski definition) is 2. The molecule has 0 bridgehead atoms. The average molecular weight is 238 g/mol. The van der Waals surface area contributed by atoms with Crippen LogP contribution in [0.2, 0.25) is 0 Å². The molecule has 16 heavy (non-hydrogen) atoms. The maximum atomic E-state index is 5.41. The molecule has 3 heteroatoms. The molecule has 90 valence electrons. The zero-order valence-electron chi connectivity index (χ0n) is 10.3. The molecule has 0 aromatic carbocycles. The van der Waals surface area contributed by atoms with Gasteiger partial charge in [-0.3, -0.25) is 0 Å². The first-order valence-corrected chi connectivity index (χ1v) is 6.37. The summed E-state index contributed by atoms with van der Waals surface area (Å²) in [4.78, 5) is 0. The molecule has 1 aliphatic rings. The van der Waals surface area contributed by atoms with E-state index in [1.165, 1.54) is 11.9 Å². The van der Waals surface area contributed by atoms with Crippen molar-refractivity contribution in [3.63, 3.8) is 0 Å². The fourth-order valence-electron chi connectivity index (χ4n) is 2.54. The van der Waals surface area contributed by atoms with Crippen molar-refractivity contribution in [3.05, 3.63) is 24.0 Å². The number of thiocarbonyl (C=S) groups is 1. The Morgan fingerprint density at radius 3 is 2.44 bits per heavy atom. The van der Waals surface area contributed by atoms with E-state index in [1.807, 2.05) is 6.08 Å². The topological polar surface area (TPSA) is 38.0 Å². The SMILES string of the molecule is CC1CC(/C=C(\C=C/N)NC=S)C(C)C1C. The average Bonchev–Trinajstić information content (AvgIpc) is 2.47. The quantitative estimate of drug-likeness (QED) is 0.584. The molecular weight excluding hydrogens is 216 g/mol. The van der Waals surface area contributed by atoms with E-state index in [4.69, 9.17) is 18.0 Å². The van der Waals surface area contributed by atoms with E-state index in [1.54, 1.807) is 6.20 Å². The summed E-state index contributed by atoms with van der Waals surface area (Å²) >= 11 is 4.81. The molecule has 1 aliphatic carbocycles. The summed E-state index contributed by atoms with van der Waals surface area (Å²) in [7, 11) is 0. The Morgan fingerprint density at radius 1 is 1.31 bits per heavy atom. The third-order valence-electron chi connectivity index (χ3n) is 3.94. The molecule has 0 saturated heterocycles. The normalized spacial score (nSPS) is 35.6. The van der Waals surface area contributed by atoms with Crippen LogP contribution in [0.3, 0.4) is 0 Å². The summed E-state index contributed by atoms with van der Waals surface area (Å²) < 4.78 is 0. The molecule has 0 heterocycles. The van der Waals surface area contributed by atoms with Gasteiger partial charge in [-0.2, -0.15) is 0 Å². The highest BCUT2D eigenvalue weighted by Crippen LogP contribution is 2.41. The molecule has 0 spiro atoms. The van der Waals surface area contributed by atoms with Crippen LogP contribution in [-0.2, 0) is 0 Å². The fourth-order valence-corrected chi connectivity index (χ4v) is 2.68. The van der Waals surface area contributed by atoms with E-state index in [2.05, 4.69) is 32.2 Å². The molecule has 0 radical (unpaired) electrons. The van der Waals surface area contributed by atoms with Crippen LogP contribution in [0.1, 0.15) is 27.2 Å². The van der Waals surface area contributed by atoms with Crippen LogP contribution in [0, 0.1) is 23.7 Å². The lowest BCUT2D eigenvalue weighted by atomic mass is 9.90. The monoisotopic (exact) mass is 238 g/mol. The van der Waals surface area contributed by atoms with Crippen molar-refractivity contribution in [1.82, 2.24) is 5.32 Å². The minimum absolute atomic E-state index is 0.624. The van der Waals surface area contributed by atoms with Gasteiger partial charge in [0, 0.05) is 5.70 Å². The molecule has 3 N–H and O–H groups in total. The van der Waals surface area contributed by atoms with Gasteiger partial charge in [-0.25, -0.2) is 0 Å². The van der Waals surface area contributed by atoms with Crippen molar-refractivity contribution < 1.29 is 0 Å². The van der Waals surface area contributed by atoms with Gasteiger partial charge in [0.05, 0.1) is 5.49 Å². The Kier molecular flexibility index (Phi) is 5.00. The lowest BCUT2D eigenvalue weighted by molar-refractivity contribution is 0.363. The Hall–Kier alpha value is -0.830. The second kappa shape index (κ2) is 6.04. The third kappa shape index (κ3) is 3.08. The zero-order valence-corrected chi connectivity index (χ0v) is 11.1. The first kappa shape index (κ1) is 13.2. The van der Waals surface area contributed by atoms with Crippen LogP contribution in [-0.4, -0.2) is 5.49 Å². The van der Waals surface area contributed by atoms with Crippen LogP contribution in [0.5, 0.6) is 0 Å². The molecule has 2 nitrogen and oxygen atoms in total. The molecule has 4 atom stereocenters. The van der Waals surface area contributed by atoms with Crippen molar-refractivity contribution in [2.24, 2.45) is 29.4 Å². The minimum Gasteiger partial charge on any atom is -0.405 e. The highest BCUT2D eigenvalue weighted by molar-refractivity contribution is 7.78. The molecule has 4 unspecified atom stereocenters. The largest absolute Gasteiger partial charge is 0.405 e. The van der Waals surface area contributed by atoms with Crippen LogP contribution >= 0.6 is 12.2 Å². The van der Waals surface area contributed by atoms with E-state index >= 15 is 0 Å². The number of rotatable bonds is 4. The summed E-state index contributed by atoms with van der Waals surface area (Å²) in [5.41, 5.74) is 7.95. The van der Waals surface area contributed by atoms with Crippen molar-refractivity contribution in [3.8, 4) is 0 Å². The van der Waals surface area contributed by atoms with Crippen molar-refractivity contribution >= 4 is 17.7 Å². The highest BCUT2D eigenvalue weighted by Gasteiger charge is 2.33. The first-order chi connectivity index (χ1) is 7.60. The molecule has 1 saturated carbocycles. The van der Waals surface area contributed by atoms with Gasteiger partial charge < -0.3 is 11.1 Å². The van der Waals surface area contributed by atoms with E-state index in [0.29, 0.717) is 5.92 Å². The number of nitrogens with two attached hydrogens (primary N) is 1. The van der Waals surface area contributed by atoms with Crippen molar-refractivity contribution in [1.29, 1.82) is 0 Å². The maximum Gasteiger partial charge on any atom is 0.0658 e. The molecule has 0 aromatic rings. The van der Waals surface area contributed by atoms with Gasteiger partial charge in [0.25, 0.3) is 0 Å². The number of nitrogens with one attached hydrogen (secondary N) is 1. The Morgan fingerprint density at radius 2 is 2.00 bits per heavy atom. The van der Waals surface area contributed by atoms with Gasteiger partial charge in [0.2, 0.25) is 0 Å². The van der Waals surface area contributed by atoms with Crippen LogP contribution < -0.4 is 11.1 Å². The van der Waals surface area contributed by atoms with E-state index in [0.717, 1.165) is 23.5 Å². The minimum atomic E-state index is 0.624. The number of allylic oxidation sites excluding steroid dienone is 2. The van der Waals surface area contributed by atoms with E-state index in [-0.39, 0.29) is 0 Å². The summed E-state index contributed by atoms with van der Waals surface area (Å²) in [6, 6.07) is 0. The predicted octanol–water partition coefficient (Wildman–Crippen LogP) is 2.82. The maximum absolute atomic E-state index is 5.41. The third-order valence-corrected chi connectivity index (χ3v) is 4.06. The molecule has 1 fully saturated rings. The van der Waals surface area contributed by atoms with Crippen molar-refractivity contribution in [2.75, 3.05) is 0 Å². The first-order valence-electron chi connectivity index (χ1n) is 5.90. The van der Waals surface area contributed by atoms with Gasteiger partial charge in [0.1, 0.15) is 0 Å². The van der Waals surface area contributed by atoms with Gasteiger partial charge in [-0.15, -0.1) is 0 Å². The summed E-state index contributed by atoms with van der Waals surface area (Å²) in [6.07, 6.45) is 6.92. The Bertz CT molecular complexity index is 296. The van der Waals surface area contributed by atoms with Gasteiger partial charge in [-0.05, 0) is 42.4 Å². The highest BCUT2D eigenvalue weighted by atomic mass is 32.1. The molecule has 0 amide bonds. The molecule has 1 rings (SSSR count). The Labute approximate surface area is 104 Å². The fraction of sp³-hybridized carbons (Fsp3) is 0.615. The van der Waals surface area contributed by atoms with Gasteiger partial charge in [-0.1, -0.05) is 39.1 Å². The van der Waals surface area contributed by atoms with E-state index < -0.39 is 0 Å². The summed E-state index contributed by atoms with van der Waals surface area (Å²) in [6.45, 7) is 7.00. The smallest absolute Gasteiger partial charge is 0.0658 e. The van der Waals surface area contributed by atoms with Crippen molar-refractivity contribution in [2.45, 2.75) is 27.2 Å². The van der Waals surface area contributed by atoms with Crippen LogP contribution in [0.4, 0.5) is 0 Å². The Balaban J connectivity index is 2.77. The lowest BCUT2D eigenvalue weighted by Crippen LogP contribution is -2.13. The predicted molar refractivity (Wildman–Crippen MR) is 73.8 cm³/mol. The molecular formula is C13H22N2S. The zero-order chi connectivity index (χ0) is 12.1. The molecule has 0 aliphatic heterocycles. The standard InChI is InChI=1S/C13H22N2S/c1-9-6-12(11(3)10(9)2)7-13(4-5-14)15-8-16/h4-5,7-12H,6,14H2,1-3H3,(H,15,16)/b5-4-,13-7+. The van der Waals surface area contributed by atoms with Crippen LogP contribution in [0.15, 0.2) is 24.0 Å². The van der Waals surface area contributed by atoms with Gasteiger partial charge in [0.15, 0.2) is 0 Å². The van der Waals surface area contributed by atoms with E-state index in [9.17, 15) is 0 Å². The van der Waals surface area contributed by atoms with Gasteiger partial charge >= 0.3 is 0 Å². The lowest BCUT2D eigenvalue weighted by Gasteiger charge is -2.16. The second-order valence-corrected chi connectivity index (χ2v) is 5.07.